The van der Waals surface area contributed by atoms with Crippen LogP contribution in [0.25, 0.3) is 0 Å². The highest BCUT2D eigenvalue weighted by molar-refractivity contribution is 5.67. The van der Waals surface area contributed by atoms with E-state index in [1.165, 1.54) is 6.07 Å². The Morgan fingerprint density at radius 3 is 2.94 bits per heavy atom. The van der Waals surface area contributed by atoms with Crippen LogP contribution in [0.2, 0.25) is 0 Å². The number of likely N-dealkylation sites (tertiary alicyclic amines) is 1. The van der Waals surface area contributed by atoms with Crippen LogP contribution in [0.1, 0.15) is 24.8 Å². The Morgan fingerprint density at radius 1 is 1.47 bits per heavy atom. The number of hydrogen-bond acceptors (Lipinski definition) is 2. The van der Waals surface area contributed by atoms with Gasteiger partial charge in [0.25, 0.3) is 0 Å². The zero-order valence-electron chi connectivity index (χ0n) is 9.60. The van der Waals surface area contributed by atoms with E-state index in [1.54, 1.807) is 18.2 Å². The van der Waals surface area contributed by atoms with Crippen molar-refractivity contribution in [1.29, 1.82) is 0 Å². The Morgan fingerprint density at radius 2 is 2.24 bits per heavy atom. The van der Waals surface area contributed by atoms with Crippen molar-refractivity contribution in [2.75, 3.05) is 6.54 Å². The Balaban J connectivity index is 2.03. The highest BCUT2D eigenvalue weighted by Crippen LogP contribution is 2.23. The fourth-order valence-corrected chi connectivity index (χ4v) is 2.38. The second-order valence-electron chi connectivity index (χ2n) is 4.46. The van der Waals surface area contributed by atoms with Crippen molar-refractivity contribution in [2.24, 2.45) is 0 Å². The first-order chi connectivity index (χ1) is 8.16. The quantitative estimate of drug-likeness (QED) is 0.873. The Kier molecular flexibility index (Phi) is 3.74. The number of halogens is 1. The number of hydrogen-bond donors (Lipinski definition) is 1. The molecule has 1 aliphatic heterocycles. The molecule has 1 atom stereocenters. The van der Waals surface area contributed by atoms with Gasteiger partial charge in [0.1, 0.15) is 5.82 Å². The monoisotopic (exact) mass is 237 g/mol. The van der Waals surface area contributed by atoms with E-state index in [0.29, 0.717) is 12.1 Å². The molecule has 1 N–H and O–H groups in total. The molecule has 0 spiro atoms. The van der Waals surface area contributed by atoms with Gasteiger partial charge in [0.15, 0.2) is 0 Å². The number of carboxylic acids is 1. The lowest BCUT2D eigenvalue weighted by Gasteiger charge is -2.23. The number of benzene rings is 1. The molecule has 2 rings (SSSR count). The Bertz CT molecular complexity index is 408. The number of nitrogens with zero attached hydrogens (tertiary/aromatic N) is 1. The highest BCUT2D eigenvalue weighted by Gasteiger charge is 2.26. The van der Waals surface area contributed by atoms with Crippen LogP contribution in [-0.4, -0.2) is 28.6 Å². The predicted octanol–water partition coefficient (Wildman–Crippen LogP) is 2.26. The minimum Gasteiger partial charge on any atom is -0.481 e. The lowest BCUT2D eigenvalue weighted by atomic mass is 10.1. The SMILES string of the molecule is O=C(O)C[C@H]1CCCN1Cc1ccccc1F. The summed E-state index contributed by atoms with van der Waals surface area (Å²) < 4.78 is 13.5. The topological polar surface area (TPSA) is 40.5 Å². The van der Waals surface area contributed by atoms with Crippen molar-refractivity contribution in [2.45, 2.75) is 31.8 Å². The number of rotatable bonds is 4. The van der Waals surface area contributed by atoms with Crippen molar-refractivity contribution in [1.82, 2.24) is 4.90 Å². The summed E-state index contributed by atoms with van der Waals surface area (Å²) in [6.45, 7) is 1.36. The average Bonchev–Trinajstić information content (AvgIpc) is 2.68. The summed E-state index contributed by atoms with van der Waals surface area (Å²) in [6.07, 6.45) is 2.03. The van der Waals surface area contributed by atoms with E-state index in [4.69, 9.17) is 5.11 Å². The Hall–Kier alpha value is -1.42. The van der Waals surface area contributed by atoms with Gasteiger partial charge in [-0.25, -0.2) is 4.39 Å². The lowest BCUT2D eigenvalue weighted by molar-refractivity contribution is -0.138. The first-order valence-corrected chi connectivity index (χ1v) is 5.86. The zero-order valence-corrected chi connectivity index (χ0v) is 9.60. The van der Waals surface area contributed by atoms with E-state index >= 15 is 0 Å². The van der Waals surface area contributed by atoms with Gasteiger partial charge in [-0.1, -0.05) is 18.2 Å². The first-order valence-electron chi connectivity index (χ1n) is 5.86. The average molecular weight is 237 g/mol. The third-order valence-corrected chi connectivity index (χ3v) is 3.24. The first kappa shape index (κ1) is 12.0. The standard InChI is InChI=1S/C13H16FNO2/c14-12-6-2-1-4-10(12)9-15-7-3-5-11(15)8-13(16)17/h1-2,4,6,11H,3,5,7-9H2,(H,16,17)/t11-/m1/s1. The van der Waals surface area contributed by atoms with Crippen LogP contribution in [0.15, 0.2) is 24.3 Å². The minimum atomic E-state index is -0.782. The molecule has 0 aromatic heterocycles. The van der Waals surface area contributed by atoms with Crippen molar-refractivity contribution < 1.29 is 14.3 Å². The van der Waals surface area contributed by atoms with Gasteiger partial charge in [-0.2, -0.15) is 0 Å². The normalized spacial score (nSPS) is 20.6. The van der Waals surface area contributed by atoms with E-state index in [9.17, 15) is 9.18 Å². The van der Waals surface area contributed by atoms with Gasteiger partial charge in [-0.05, 0) is 25.5 Å². The minimum absolute atomic E-state index is 0.0482. The third-order valence-electron chi connectivity index (χ3n) is 3.24. The maximum atomic E-state index is 13.5. The van der Waals surface area contributed by atoms with Gasteiger partial charge >= 0.3 is 5.97 Å². The number of carbonyl (C=O) groups is 1. The van der Waals surface area contributed by atoms with Crippen molar-refractivity contribution in [3.63, 3.8) is 0 Å². The van der Waals surface area contributed by atoms with Gasteiger partial charge in [0, 0.05) is 18.2 Å². The molecule has 0 radical (unpaired) electrons. The third kappa shape index (κ3) is 3.03. The summed E-state index contributed by atoms with van der Waals surface area (Å²) in [5, 5.41) is 8.81. The van der Waals surface area contributed by atoms with Gasteiger partial charge in [-0.15, -0.1) is 0 Å². The molecule has 1 aromatic rings. The van der Waals surface area contributed by atoms with Crippen LogP contribution >= 0.6 is 0 Å². The highest BCUT2D eigenvalue weighted by atomic mass is 19.1. The van der Waals surface area contributed by atoms with Gasteiger partial charge in [0.2, 0.25) is 0 Å². The molecule has 0 bridgehead atoms. The molecule has 0 amide bonds. The predicted molar refractivity (Wildman–Crippen MR) is 62.1 cm³/mol. The summed E-state index contributed by atoms with van der Waals surface area (Å²) in [5.41, 5.74) is 0.643. The maximum absolute atomic E-state index is 13.5. The van der Waals surface area contributed by atoms with Crippen molar-refractivity contribution in [3.05, 3.63) is 35.6 Å². The van der Waals surface area contributed by atoms with Crippen LogP contribution in [-0.2, 0) is 11.3 Å². The van der Waals surface area contributed by atoms with E-state index in [-0.39, 0.29) is 18.3 Å². The Labute approximate surface area is 99.9 Å². The van der Waals surface area contributed by atoms with Crippen molar-refractivity contribution >= 4 is 5.97 Å². The maximum Gasteiger partial charge on any atom is 0.304 e. The molecular weight excluding hydrogens is 221 g/mol. The largest absolute Gasteiger partial charge is 0.481 e. The van der Waals surface area contributed by atoms with Crippen LogP contribution in [0.3, 0.4) is 0 Å². The van der Waals surface area contributed by atoms with Gasteiger partial charge in [-0.3, -0.25) is 9.69 Å². The van der Waals surface area contributed by atoms with Gasteiger partial charge < -0.3 is 5.11 Å². The van der Waals surface area contributed by atoms with Crippen LogP contribution < -0.4 is 0 Å². The van der Waals surface area contributed by atoms with Crippen LogP contribution in [0, 0.1) is 5.82 Å². The molecule has 92 valence electrons. The summed E-state index contributed by atoms with van der Waals surface area (Å²) >= 11 is 0. The molecule has 17 heavy (non-hydrogen) atoms. The summed E-state index contributed by atoms with van der Waals surface area (Å²) in [7, 11) is 0. The molecule has 1 fully saturated rings. The van der Waals surface area contributed by atoms with E-state index in [2.05, 4.69) is 4.90 Å². The molecule has 1 saturated heterocycles. The molecule has 3 nitrogen and oxygen atoms in total. The summed E-state index contributed by atoms with van der Waals surface area (Å²) in [4.78, 5) is 12.8. The zero-order chi connectivity index (χ0) is 12.3. The second kappa shape index (κ2) is 5.27. The van der Waals surface area contributed by atoms with Crippen LogP contribution in [0.5, 0.6) is 0 Å². The molecule has 4 heteroatoms. The molecule has 0 aliphatic carbocycles. The van der Waals surface area contributed by atoms with E-state index in [1.807, 2.05) is 0 Å². The molecule has 0 unspecified atom stereocenters. The van der Waals surface area contributed by atoms with E-state index in [0.717, 1.165) is 19.4 Å². The molecular formula is C13H16FNO2. The second-order valence-corrected chi connectivity index (χ2v) is 4.46. The smallest absolute Gasteiger partial charge is 0.304 e. The molecule has 1 aromatic carbocycles. The fraction of sp³-hybridized carbons (Fsp3) is 0.462. The molecule has 1 aliphatic rings. The van der Waals surface area contributed by atoms with Crippen molar-refractivity contribution in [3.8, 4) is 0 Å². The van der Waals surface area contributed by atoms with Gasteiger partial charge in [0.05, 0.1) is 6.42 Å². The number of carboxylic acid groups (broad SMARTS) is 1. The molecule has 0 saturated carbocycles. The lowest BCUT2D eigenvalue weighted by Crippen LogP contribution is -2.31. The van der Waals surface area contributed by atoms with Crippen LogP contribution in [0.4, 0.5) is 4.39 Å². The number of aliphatic carboxylic acids is 1. The fourth-order valence-electron chi connectivity index (χ4n) is 2.38. The van der Waals surface area contributed by atoms with E-state index < -0.39 is 5.97 Å². The molecule has 1 heterocycles. The summed E-state index contributed by atoms with van der Waals surface area (Å²) in [6, 6.07) is 6.72. The summed E-state index contributed by atoms with van der Waals surface area (Å²) in [5.74, 6) is -0.996.